The number of aromatic nitrogens is 1. The lowest BCUT2D eigenvalue weighted by Gasteiger charge is -2.27. The highest BCUT2D eigenvalue weighted by Crippen LogP contribution is 2.43. The molecule has 1 saturated heterocycles. The average molecular weight is 459 g/mol. The highest BCUT2D eigenvalue weighted by atomic mass is 35.5. The number of thioether (sulfide) groups is 2. The number of hydrogen-bond donors (Lipinski definition) is 1. The summed E-state index contributed by atoms with van der Waals surface area (Å²) in [5.41, 5.74) is 4.76. The topological polar surface area (TPSA) is 45.3 Å². The first-order valence-corrected chi connectivity index (χ1v) is 12.7. The zero-order chi connectivity index (χ0) is 20.5. The molecule has 0 radical (unpaired) electrons. The van der Waals surface area contributed by atoms with Crippen LogP contribution in [0.4, 0.5) is 0 Å². The molecule has 0 unspecified atom stereocenters. The Bertz CT molecular complexity index is 1060. The largest absolute Gasteiger partial charge is 0.484 e. The fourth-order valence-corrected chi connectivity index (χ4v) is 7.10. The van der Waals surface area contributed by atoms with Gasteiger partial charge in [0.1, 0.15) is 5.75 Å². The Morgan fingerprint density at radius 1 is 1.17 bits per heavy atom. The second kappa shape index (κ2) is 8.77. The smallest absolute Gasteiger partial charge is 0.260 e. The van der Waals surface area contributed by atoms with E-state index in [0.717, 1.165) is 23.1 Å². The van der Waals surface area contributed by atoms with Crippen molar-refractivity contribution in [1.82, 2.24) is 9.88 Å². The summed E-state index contributed by atoms with van der Waals surface area (Å²) < 4.78 is 6.32. The fourth-order valence-electron chi connectivity index (χ4n) is 4.04. The maximum atomic E-state index is 12.8. The number of aromatic amines is 1. The van der Waals surface area contributed by atoms with E-state index in [1.54, 1.807) is 0 Å². The van der Waals surface area contributed by atoms with Gasteiger partial charge in [-0.05, 0) is 53.8 Å². The van der Waals surface area contributed by atoms with Gasteiger partial charge in [-0.15, -0.1) is 23.5 Å². The summed E-state index contributed by atoms with van der Waals surface area (Å²) in [5, 5.41) is 1.81. The van der Waals surface area contributed by atoms with Crippen LogP contribution in [0.2, 0.25) is 5.02 Å². The maximum Gasteiger partial charge on any atom is 0.260 e. The quantitative estimate of drug-likeness (QED) is 0.548. The predicted octanol–water partition coefficient (Wildman–Crippen LogP) is 5.65. The summed E-state index contributed by atoms with van der Waals surface area (Å²) in [6.07, 6.45) is 2.11. The third-order valence-corrected chi connectivity index (χ3v) is 8.88. The minimum absolute atomic E-state index is 0.0134. The first-order valence-electron chi connectivity index (χ1n) is 10.2. The number of carbonyl (C=O) groups is 1. The van der Waals surface area contributed by atoms with Gasteiger partial charge in [-0.25, -0.2) is 0 Å². The Morgan fingerprint density at radius 2 is 1.97 bits per heavy atom. The summed E-state index contributed by atoms with van der Waals surface area (Å²) in [5.74, 6) is 3.21. The standard InChI is InChI=1S/C23H23ClN2O2S2/c24-16-4-7-20-18(12-16)19-13-26(9-8-21(19)25-20)22(27)14-28-17-5-2-15(3-6-17)23-29-10-1-11-30-23/h2-7,12,23,25H,1,8-11,13-14H2. The normalized spacial score (nSPS) is 17.2. The molecule has 2 aromatic carbocycles. The van der Waals surface area contributed by atoms with Crippen molar-refractivity contribution in [2.24, 2.45) is 0 Å². The molecule has 2 aliphatic rings. The van der Waals surface area contributed by atoms with Gasteiger partial charge < -0.3 is 14.6 Å². The number of halogens is 1. The number of carbonyl (C=O) groups excluding carboxylic acids is 1. The third-order valence-electron chi connectivity index (χ3n) is 5.63. The van der Waals surface area contributed by atoms with Crippen LogP contribution in [0.15, 0.2) is 42.5 Å². The Morgan fingerprint density at radius 3 is 2.77 bits per heavy atom. The number of nitrogens with one attached hydrogen (secondary N) is 1. The number of hydrogen-bond acceptors (Lipinski definition) is 4. The van der Waals surface area contributed by atoms with E-state index in [1.165, 1.54) is 34.7 Å². The molecule has 1 amide bonds. The van der Waals surface area contributed by atoms with Crippen LogP contribution in [-0.2, 0) is 17.8 Å². The number of benzene rings is 2. The summed E-state index contributed by atoms with van der Waals surface area (Å²) >= 11 is 10.2. The van der Waals surface area contributed by atoms with Crippen molar-refractivity contribution in [1.29, 1.82) is 0 Å². The minimum Gasteiger partial charge on any atom is -0.484 e. The van der Waals surface area contributed by atoms with Crippen molar-refractivity contribution in [2.45, 2.75) is 24.0 Å². The van der Waals surface area contributed by atoms with Crippen LogP contribution in [0.5, 0.6) is 5.75 Å². The predicted molar refractivity (Wildman–Crippen MR) is 127 cm³/mol. The van der Waals surface area contributed by atoms with Crippen molar-refractivity contribution in [3.8, 4) is 5.75 Å². The molecule has 1 fully saturated rings. The van der Waals surface area contributed by atoms with Gasteiger partial charge in [-0.3, -0.25) is 4.79 Å². The van der Waals surface area contributed by atoms with Crippen molar-refractivity contribution in [2.75, 3.05) is 24.7 Å². The molecule has 4 nitrogen and oxygen atoms in total. The maximum absolute atomic E-state index is 12.8. The van der Waals surface area contributed by atoms with Crippen LogP contribution in [0.3, 0.4) is 0 Å². The Balaban J connectivity index is 1.21. The van der Waals surface area contributed by atoms with Crippen molar-refractivity contribution in [3.63, 3.8) is 0 Å². The van der Waals surface area contributed by atoms with Crippen molar-refractivity contribution >= 4 is 51.9 Å². The van der Waals surface area contributed by atoms with Gasteiger partial charge >= 0.3 is 0 Å². The molecule has 3 aromatic rings. The van der Waals surface area contributed by atoms with E-state index < -0.39 is 0 Å². The molecular formula is C23H23ClN2O2S2. The number of H-pyrrole nitrogens is 1. The van der Waals surface area contributed by atoms with E-state index in [-0.39, 0.29) is 12.5 Å². The van der Waals surface area contributed by atoms with E-state index in [0.29, 0.717) is 22.7 Å². The van der Waals surface area contributed by atoms with Gasteiger partial charge in [0.2, 0.25) is 0 Å². The average Bonchev–Trinajstić information content (AvgIpc) is 3.15. The second-order valence-corrected chi connectivity index (χ2v) is 10.8. The van der Waals surface area contributed by atoms with Crippen LogP contribution >= 0.6 is 35.1 Å². The van der Waals surface area contributed by atoms with Gasteiger partial charge in [-0.2, -0.15) is 0 Å². The molecule has 0 aliphatic carbocycles. The highest BCUT2D eigenvalue weighted by Gasteiger charge is 2.24. The molecule has 7 heteroatoms. The molecular weight excluding hydrogens is 436 g/mol. The SMILES string of the molecule is O=C(COc1ccc(C2SCCCS2)cc1)N1CCc2[nH]c3ccc(Cl)cc3c2C1. The van der Waals surface area contributed by atoms with E-state index in [9.17, 15) is 4.79 Å². The first-order chi connectivity index (χ1) is 14.7. The number of nitrogens with zero attached hydrogens (tertiary/aromatic N) is 1. The highest BCUT2D eigenvalue weighted by molar-refractivity contribution is 8.16. The number of fused-ring (bicyclic) bond motifs is 3. The van der Waals surface area contributed by atoms with E-state index in [1.807, 2.05) is 58.8 Å². The van der Waals surface area contributed by atoms with Crippen LogP contribution in [0.1, 0.15) is 27.8 Å². The molecule has 5 rings (SSSR count). The molecule has 2 aliphatic heterocycles. The summed E-state index contributed by atoms with van der Waals surface area (Å²) in [7, 11) is 0. The summed E-state index contributed by atoms with van der Waals surface area (Å²) in [6, 6.07) is 14.1. The zero-order valence-electron chi connectivity index (χ0n) is 16.5. The van der Waals surface area contributed by atoms with Crippen LogP contribution < -0.4 is 4.74 Å². The number of amides is 1. The van der Waals surface area contributed by atoms with E-state index >= 15 is 0 Å². The van der Waals surface area contributed by atoms with Gasteiger partial charge in [0.25, 0.3) is 5.91 Å². The number of rotatable bonds is 4. The van der Waals surface area contributed by atoms with Gasteiger partial charge in [-0.1, -0.05) is 23.7 Å². The lowest BCUT2D eigenvalue weighted by molar-refractivity contribution is -0.134. The Hall–Kier alpha value is -1.76. The molecule has 3 heterocycles. The third kappa shape index (κ3) is 4.18. The van der Waals surface area contributed by atoms with E-state index in [2.05, 4.69) is 17.1 Å². The molecule has 0 bridgehead atoms. The van der Waals surface area contributed by atoms with E-state index in [4.69, 9.17) is 16.3 Å². The fraction of sp³-hybridized carbons (Fsp3) is 0.348. The van der Waals surface area contributed by atoms with Crippen LogP contribution in [0, 0.1) is 0 Å². The molecule has 1 N–H and O–H groups in total. The Labute approximate surface area is 189 Å². The van der Waals surface area contributed by atoms with Gasteiger partial charge in [0.15, 0.2) is 6.61 Å². The van der Waals surface area contributed by atoms with Crippen molar-refractivity contribution in [3.05, 3.63) is 64.3 Å². The first kappa shape index (κ1) is 20.2. The van der Waals surface area contributed by atoms with Crippen LogP contribution in [0.25, 0.3) is 10.9 Å². The molecule has 0 spiro atoms. The monoisotopic (exact) mass is 458 g/mol. The van der Waals surface area contributed by atoms with Gasteiger partial charge in [0, 0.05) is 46.7 Å². The van der Waals surface area contributed by atoms with Crippen LogP contribution in [-0.4, -0.2) is 40.4 Å². The molecule has 0 atom stereocenters. The molecule has 0 saturated carbocycles. The summed E-state index contributed by atoms with van der Waals surface area (Å²) in [4.78, 5) is 18.1. The minimum atomic E-state index is 0.0134. The molecule has 1 aromatic heterocycles. The van der Waals surface area contributed by atoms with Crippen molar-refractivity contribution < 1.29 is 9.53 Å². The lowest BCUT2D eigenvalue weighted by Crippen LogP contribution is -2.38. The number of ether oxygens (including phenoxy) is 1. The zero-order valence-corrected chi connectivity index (χ0v) is 18.9. The molecule has 30 heavy (non-hydrogen) atoms. The molecule has 156 valence electrons. The second-order valence-electron chi connectivity index (χ2n) is 7.62. The Kier molecular flexibility index (Phi) is 5.89. The lowest BCUT2D eigenvalue weighted by atomic mass is 10.0. The van der Waals surface area contributed by atoms with Gasteiger partial charge in [0.05, 0.1) is 4.58 Å². The summed E-state index contributed by atoms with van der Waals surface area (Å²) in [6.45, 7) is 1.35.